The van der Waals surface area contributed by atoms with Crippen molar-refractivity contribution in [3.05, 3.63) is 51.5 Å². The van der Waals surface area contributed by atoms with Crippen LogP contribution in [0.3, 0.4) is 0 Å². The summed E-state index contributed by atoms with van der Waals surface area (Å²) in [6.07, 6.45) is -2.15. The summed E-state index contributed by atoms with van der Waals surface area (Å²) in [7, 11) is 0. The number of aromatic nitrogens is 1. The van der Waals surface area contributed by atoms with E-state index >= 15 is 0 Å². The summed E-state index contributed by atoms with van der Waals surface area (Å²) in [5, 5.41) is -0.774. The van der Waals surface area contributed by atoms with Gasteiger partial charge in [-0.05, 0) is 17.5 Å². The second kappa shape index (κ2) is 5.29. The van der Waals surface area contributed by atoms with Crippen molar-refractivity contribution in [3.8, 4) is 0 Å². The molecule has 23 heavy (non-hydrogen) atoms. The zero-order chi connectivity index (χ0) is 16.1. The normalized spacial score (nSPS) is 24.5. The van der Waals surface area contributed by atoms with Crippen LogP contribution >= 0.6 is 11.3 Å². The summed E-state index contributed by atoms with van der Waals surface area (Å²) >= 11 is 0.725. The van der Waals surface area contributed by atoms with E-state index < -0.39 is 11.2 Å². The molecule has 7 heteroatoms. The maximum atomic E-state index is 12.6. The minimum atomic E-state index is -4.36. The molecule has 1 fully saturated rings. The lowest BCUT2D eigenvalue weighted by Gasteiger charge is -2.24. The quantitative estimate of drug-likeness (QED) is 0.832. The molecule has 3 heterocycles. The van der Waals surface area contributed by atoms with Crippen LogP contribution in [0.2, 0.25) is 0 Å². The summed E-state index contributed by atoms with van der Waals surface area (Å²) < 4.78 is 44.0. The first kappa shape index (κ1) is 15.1. The third-order valence-corrected chi connectivity index (χ3v) is 5.53. The molecule has 2 aliphatic heterocycles. The Bertz CT molecular complexity index is 730. The van der Waals surface area contributed by atoms with E-state index in [1.54, 1.807) is 0 Å². The van der Waals surface area contributed by atoms with Gasteiger partial charge in [0, 0.05) is 30.7 Å². The molecule has 3 nitrogen and oxygen atoms in total. The highest BCUT2D eigenvalue weighted by molar-refractivity contribution is 7.11. The van der Waals surface area contributed by atoms with Crippen molar-refractivity contribution in [2.24, 2.45) is 0 Å². The number of likely N-dealkylation sites (tertiary alicyclic amines) is 1. The third kappa shape index (κ3) is 2.66. The Balaban J connectivity index is 1.49. The van der Waals surface area contributed by atoms with Crippen molar-refractivity contribution >= 4 is 11.3 Å². The molecule has 2 aromatic rings. The first-order chi connectivity index (χ1) is 11.0. The van der Waals surface area contributed by atoms with Gasteiger partial charge in [-0.25, -0.2) is 4.98 Å². The number of halogens is 3. The predicted molar refractivity (Wildman–Crippen MR) is 79.9 cm³/mol. The van der Waals surface area contributed by atoms with E-state index in [-0.39, 0.29) is 5.60 Å². The Kier molecular flexibility index (Phi) is 3.48. The third-order valence-electron chi connectivity index (χ3n) is 4.50. The molecule has 0 radical (unpaired) electrons. The summed E-state index contributed by atoms with van der Waals surface area (Å²) in [4.78, 5) is 6.28. The average molecular weight is 340 g/mol. The summed E-state index contributed by atoms with van der Waals surface area (Å²) in [5.74, 6) is 0. The molecule has 0 N–H and O–H groups in total. The minimum absolute atomic E-state index is 0.297. The van der Waals surface area contributed by atoms with Crippen molar-refractivity contribution < 1.29 is 17.9 Å². The van der Waals surface area contributed by atoms with Gasteiger partial charge in [-0.2, -0.15) is 13.2 Å². The Labute approximate surface area is 135 Å². The van der Waals surface area contributed by atoms with Crippen LogP contribution in [0.5, 0.6) is 0 Å². The molecule has 1 aromatic heterocycles. The number of ether oxygens (including phenoxy) is 1. The van der Waals surface area contributed by atoms with Crippen LogP contribution in [0, 0.1) is 0 Å². The second-order valence-corrected chi connectivity index (χ2v) is 7.15. The van der Waals surface area contributed by atoms with Crippen molar-refractivity contribution in [1.82, 2.24) is 9.88 Å². The molecule has 4 rings (SSSR count). The minimum Gasteiger partial charge on any atom is -0.364 e. The molecule has 0 bridgehead atoms. The predicted octanol–water partition coefficient (Wildman–Crippen LogP) is 3.79. The van der Waals surface area contributed by atoms with Gasteiger partial charge in [0.1, 0.15) is 5.60 Å². The van der Waals surface area contributed by atoms with E-state index in [4.69, 9.17) is 4.74 Å². The van der Waals surface area contributed by atoms with Gasteiger partial charge >= 0.3 is 6.18 Å². The van der Waals surface area contributed by atoms with E-state index in [9.17, 15) is 13.2 Å². The Morgan fingerprint density at radius 2 is 2.13 bits per heavy atom. The number of rotatable bonds is 2. The highest BCUT2D eigenvalue weighted by Crippen LogP contribution is 2.43. The van der Waals surface area contributed by atoms with Gasteiger partial charge < -0.3 is 4.74 Å². The number of thiazole rings is 1. The molecule has 122 valence electrons. The van der Waals surface area contributed by atoms with E-state index in [1.807, 2.05) is 12.1 Å². The number of hydrogen-bond acceptors (Lipinski definition) is 4. The molecular weight excluding hydrogens is 325 g/mol. The van der Waals surface area contributed by atoms with Gasteiger partial charge in [0.25, 0.3) is 0 Å². The second-order valence-electron chi connectivity index (χ2n) is 6.03. The van der Waals surface area contributed by atoms with E-state index in [1.165, 1.54) is 17.3 Å². The number of benzene rings is 1. The van der Waals surface area contributed by atoms with Gasteiger partial charge in [0.05, 0.1) is 6.61 Å². The molecule has 1 unspecified atom stereocenters. The molecular formula is C16H15F3N2OS. The fourth-order valence-corrected chi connectivity index (χ4v) is 4.27. The van der Waals surface area contributed by atoms with Crippen LogP contribution < -0.4 is 0 Å². The molecule has 1 aromatic carbocycles. The lowest BCUT2D eigenvalue weighted by atomic mass is 9.92. The number of alkyl halides is 3. The number of fused-ring (bicyclic) bond motifs is 2. The zero-order valence-electron chi connectivity index (χ0n) is 12.3. The fourth-order valence-electron chi connectivity index (χ4n) is 3.45. The summed E-state index contributed by atoms with van der Waals surface area (Å²) in [5.41, 5.74) is 2.14. The zero-order valence-corrected chi connectivity index (χ0v) is 13.1. The molecule has 0 aliphatic carbocycles. The molecule has 1 saturated heterocycles. The lowest BCUT2D eigenvalue weighted by Crippen LogP contribution is -2.30. The standard InChI is InChI=1S/C16H15F3N2OS/c17-16(18,19)14-20-7-12(23-14)8-21-6-5-15(10-21)13-4-2-1-3-11(13)9-22-15/h1-4,7H,5-6,8-10H2. The van der Waals surface area contributed by atoms with Gasteiger partial charge in [-0.3, -0.25) is 4.90 Å². The SMILES string of the molecule is FC(F)(F)c1ncc(CN2CCC3(C2)OCc2ccccc23)s1. The van der Waals surface area contributed by atoms with Gasteiger partial charge in [-0.1, -0.05) is 24.3 Å². The van der Waals surface area contributed by atoms with Gasteiger partial charge in [-0.15, -0.1) is 11.3 Å². The largest absolute Gasteiger partial charge is 0.443 e. The monoisotopic (exact) mass is 340 g/mol. The van der Waals surface area contributed by atoms with Crippen molar-refractivity contribution in [2.75, 3.05) is 13.1 Å². The number of nitrogens with zero attached hydrogens (tertiary/aromatic N) is 2. The van der Waals surface area contributed by atoms with Crippen molar-refractivity contribution in [3.63, 3.8) is 0 Å². The summed E-state index contributed by atoms with van der Waals surface area (Å²) in [6, 6.07) is 8.19. The van der Waals surface area contributed by atoms with E-state index in [2.05, 4.69) is 22.0 Å². The Morgan fingerprint density at radius 3 is 2.91 bits per heavy atom. The van der Waals surface area contributed by atoms with Gasteiger partial charge in [0.2, 0.25) is 0 Å². The van der Waals surface area contributed by atoms with Crippen LogP contribution in [-0.4, -0.2) is 23.0 Å². The molecule has 2 aliphatic rings. The molecule has 1 atom stereocenters. The highest BCUT2D eigenvalue weighted by atomic mass is 32.1. The van der Waals surface area contributed by atoms with Crippen LogP contribution in [0.15, 0.2) is 30.5 Å². The molecule has 1 spiro atoms. The summed E-state index contributed by atoms with van der Waals surface area (Å²) in [6.45, 7) is 2.63. The maximum Gasteiger partial charge on any atom is 0.443 e. The van der Waals surface area contributed by atoms with Crippen LogP contribution in [0.1, 0.15) is 27.4 Å². The van der Waals surface area contributed by atoms with E-state index in [0.717, 1.165) is 24.3 Å². The average Bonchev–Trinajstić information content (AvgIpc) is 3.21. The lowest BCUT2D eigenvalue weighted by molar-refractivity contribution is -0.137. The Hall–Kier alpha value is -1.44. The first-order valence-corrected chi connectivity index (χ1v) is 8.25. The van der Waals surface area contributed by atoms with Crippen LogP contribution in [-0.2, 0) is 29.7 Å². The van der Waals surface area contributed by atoms with Gasteiger partial charge in [0.15, 0.2) is 5.01 Å². The molecule has 0 amide bonds. The molecule has 0 saturated carbocycles. The van der Waals surface area contributed by atoms with Crippen LogP contribution in [0.4, 0.5) is 13.2 Å². The topological polar surface area (TPSA) is 25.4 Å². The van der Waals surface area contributed by atoms with Crippen molar-refractivity contribution in [1.29, 1.82) is 0 Å². The Morgan fingerprint density at radius 1 is 1.30 bits per heavy atom. The maximum absolute atomic E-state index is 12.6. The van der Waals surface area contributed by atoms with Crippen LogP contribution in [0.25, 0.3) is 0 Å². The highest BCUT2D eigenvalue weighted by Gasteiger charge is 2.45. The van der Waals surface area contributed by atoms with Crippen molar-refractivity contribution in [2.45, 2.75) is 31.3 Å². The first-order valence-electron chi connectivity index (χ1n) is 7.43. The number of hydrogen-bond donors (Lipinski definition) is 0. The van der Waals surface area contributed by atoms with E-state index in [0.29, 0.717) is 24.6 Å². The fraction of sp³-hybridized carbons (Fsp3) is 0.438. The smallest absolute Gasteiger partial charge is 0.364 e.